The molecule has 0 bridgehead atoms. The summed E-state index contributed by atoms with van der Waals surface area (Å²) in [4.78, 5) is 27.1. The van der Waals surface area contributed by atoms with E-state index >= 15 is 0 Å². The molecule has 130 valence electrons. The number of hydrogen-bond acceptors (Lipinski definition) is 6. The second-order valence-electron chi connectivity index (χ2n) is 5.47. The summed E-state index contributed by atoms with van der Waals surface area (Å²) in [6, 6.07) is 7.09. The minimum Gasteiger partial charge on any atom is -0.462 e. The van der Waals surface area contributed by atoms with E-state index in [1.807, 2.05) is 25.1 Å². The van der Waals surface area contributed by atoms with Gasteiger partial charge in [-0.25, -0.2) is 9.48 Å². The molecule has 2 aromatic heterocycles. The summed E-state index contributed by atoms with van der Waals surface area (Å²) >= 11 is 1.29. The van der Waals surface area contributed by atoms with Crippen LogP contribution in [0.1, 0.15) is 22.8 Å². The van der Waals surface area contributed by atoms with Gasteiger partial charge < -0.3 is 15.5 Å². The molecular weight excluding hydrogens is 340 g/mol. The molecule has 3 rings (SSSR count). The maximum atomic E-state index is 12.2. The quantitative estimate of drug-likeness (QED) is 0.549. The lowest BCUT2D eigenvalue weighted by Crippen LogP contribution is -2.12. The molecule has 0 atom stereocenters. The molecule has 0 fully saturated rings. The van der Waals surface area contributed by atoms with Crippen molar-refractivity contribution in [2.24, 2.45) is 0 Å². The Hall–Kier alpha value is -2.74. The first kappa shape index (κ1) is 17.1. The highest BCUT2D eigenvalue weighted by atomic mass is 32.2. The van der Waals surface area contributed by atoms with Gasteiger partial charge in [0.2, 0.25) is 0 Å². The molecule has 0 saturated carbocycles. The van der Waals surface area contributed by atoms with Gasteiger partial charge in [0, 0.05) is 11.5 Å². The summed E-state index contributed by atoms with van der Waals surface area (Å²) in [6.07, 6.45) is 1.80. The van der Waals surface area contributed by atoms with Crippen molar-refractivity contribution in [2.75, 3.05) is 18.6 Å². The number of nitrogens with one attached hydrogen (secondary N) is 1. The second-order valence-corrected chi connectivity index (χ2v) is 6.26. The number of hydrogen-bond donors (Lipinski definition) is 2. The molecule has 0 unspecified atom stereocenters. The number of pyridine rings is 1. The van der Waals surface area contributed by atoms with E-state index in [4.69, 9.17) is 10.5 Å². The van der Waals surface area contributed by atoms with Crippen molar-refractivity contribution < 1.29 is 9.53 Å². The highest BCUT2D eigenvalue weighted by Gasteiger charge is 2.24. The number of nitrogens with two attached hydrogens (primary N) is 1. The average Bonchev–Trinajstić information content (AvgIpc) is 2.91. The van der Waals surface area contributed by atoms with Crippen molar-refractivity contribution in [1.82, 2.24) is 14.8 Å². The number of nitrogens with zero attached hydrogens (tertiary/aromatic N) is 2. The summed E-state index contributed by atoms with van der Waals surface area (Å²) in [5, 5.41) is 5.67. The Bertz CT molecular complexity index is 1020. The third-order valence-corrected chi connectivity index (χ3v) is 4.44. The zero-order valence-corrected chi connectivity index (χ0v) is 14.9. The number of aryl methyl sites for hydroxylation is 1. The number of nitrogen functional groups attached to an aromatic ring is 1. The van der Waals surface area contributed by atoms with Crippen LogP contribution < -0.4 is 11.3 Å². The number of rotatable bonds is 4. The van der Waals surface area contributed by atoms with Gasteiger partial charge in [0.1, 0.15) is 16.4 Å². The molecule has 0 radical (unpaired) electrons. The van der Waals surface area contributed by atoms with Crippen LogP contribution in [0.25, 0.3) is 16.6 Å². The number of H-pyrrole nitrogens is 1. The molecule has 0 aliphatic rings. The zero-order chi connectivity index (χ0) is 18.1. The maximum absolute atomic E-state index is 12.2. The summed E-state index contributed by atoms with van der Waals surface area (Å²) in [5.74, 6) is -0.378. The number of carbonyl (C=O) groups is 1. The van der Waals surface area contributed by atoms with Crippen LogP contribution in [-0.2, 0) is 4.74 Å². The number of anilines is 1. The molecule has 0 amide bonds. The van der Waals surface area contributed by atoms with E-state index in [1.54, 1.807) is 13.2 Å². The third-order valence-electron chi connectivity index (χ3n) is 3.77. The zero-order valence-electron chi connectivity index (χ0n) is 14.1. The molecule has 8 heteroatoms. The van der Waals surface area contributed by atoms with Crippen LogP contribution in [0, 0.1) is 6.92 Å². The van der Waals surface area contributed by atoms with Crippen LogP contribution in [0.3, 0.4) is 0 Å². The van der Waals surface area contributed by atoms with E-state index < -0.39 is 5.97 Å². The van der Waals surface area contributed by atoms with E-state index in [1.165, 1.54) is 22.5 Å². The fourth-order valence-corrected chi connectivity index (χ4v) is 3.21. The van der Waals surface area contributed by atoms with Gasteiger partial charge >= 0.3 is 5.97 Å². The first-order valence-corrected chi connectivity index (χ1v) is 8.92. The highest BCUT2D eigenvalue weighted by Crippen LogP contribution is 2.30. The Balaban J connectivity index is 2.31. The van der Waals surface area contributed by atoms with Gasteiger partial charge in [-0.15, -0.1) is 11.8 Å². The SMILES string of the molecule is CCOC(=O)c1c(SC)nn(-c2cc(=O)[nH]c3ccc(C)cc23)c1N. The van der Waals surface area contributed by atoms with Crippen LogP contribution in [-0.4, -0.2) is 33.6 Å². The molecule has 3 aromatic rings. The van der Waals surface area contributed by atoms with Gasteiger partial charge in [-0.05, 0) is 32.2 Å². The van der Waals surface area contributed by atoms with Gasteiger partial charge in [0.15, 0.2) is 0 Å². The molecule has 0 saturated heterocycles. The molecule has 25 heavy (non-hydrogen) atoms. The predicted molar refractivity (Wildman–Crippen MR) is 98.6 cm³/mol. The number of aromatic nitrogens is 3. The van der Waals surface area contributed by atoms with E-state index in [9.17, 15) is 9.59 Å². The molecule has 1 aromatic carbocycles. The van der Waals surface area contributed by atoms with E-state index in [0.717, 1.165) is 10.9 Å². The lowest BCUT2D eigenvalue weighted by atomic mass is 10.1. The fraction of sp³-hybridized carbons (Fsp3) is 0.235. The van der Waals surface area contributed by atoms with E-state index in [2.05, 4.69) is 10.1 Å². The van der Waals surface area contributed by atoms with Crippen molar-refractivity contribution in [3.05, 3.63) is 45.7 Å². The summed E-state index contributed by atoms with van der Waals surface area (Å²) in [5.41, 5.74) is 8.36. The van der Waals surface area contributed by atoms with Crippen molar-refractivity contribution in [2.45, 2.75) is 18.9 Å². The summed E-state index contributed by atoms with van der Waals surface area (Å²) in [7, 11) is 0. The summed E-state index contributed by atoms with van der Waals surface area (Å²) < 4.78 is 6.50. The van der Waals surface area contributed by atoms with Crippen molar-refractivity contribution in [1.29, 1.82) is 0 Å². The summed E-state index contributed by atoms with van der Waals surface area (Å²) in [6.45, 7) is 3.92. The molecule has 0 aliphatic heterocycles. The van der Waals surface area contributed by atoms with Crippen LogP contribution in [0.4, 0.5) is 5.82 Å². The smallest absolute Gasteiger partial charge is 0.344 e. The van der Waals surface area contributed by atoms with E-state index in [0.29, 0.717) is 16.2 Å². The van der Waals surface area contributed by atoms with Gasteiger partial charge in [-0.3, -0.25) is 4.79 Å². The number of aromatic amines is 1. The first-order chi connectivity index (χ1) is 12.0. The standard InChI is InChI=1S/C17H18N4O3S/c1-4-24-17(23)14-15(18)21(20-16(14)25-3)12-8-13(22)19-11-6-5-9(2)7-10(11)12/h5-8H,4,18H2,1-3H3,(H,19,22). The molecule has 0 spiro atoms. The van der Waals surface area contributed by atoms with Crippen LogP contribution in [0.5, 0.6) is 0 Å². The number of benzene rings is 1. The van der Waals surface area contributed by atoms with Gasteiger partial charge in [0.25, 0.3) is 5.56 Å². The van der Waals surface area contributed by atoms with Crippen molar-refractivity contribution >= 4 is 34.5 Å². The molecular formula is C17H18N4O3S. The van der Waals surface area contributed by atoms with Crippen LogP contribution >= 0.6 is 11.8 Å². The number of ether oxygens (including phenoxy) is 1. The van der Waals surface area contributed by atoms with Crippen molar-refractivity contribution in [3.63, 3.8) is 0 Å². The second kappa shape index (κ2) is 6.64. The number of fused-ring (bicyclic) bond motifs is 1. The predicted octanol–water partition coefficient (Wildman–Crippen LogP) is 2.50. The van der Waals surface area contributed by atoms with Gasteiger partial charge in [0.05, 0.1) is 17.8 Å². The van der Waals surface area contributed by atoms with Crippen molar-refractivity contribution in [3.8, 4) is 5.69 Å². The Labute approximate surface area is 148 Å². The largest absolute Gasteiger partial charge is 0.462 e. The van der Waals surface area contributed by atoms with E-state index in [-0.39, 0.29) is 23.5 Å². The average molecular weight is 358 g/mol. The van der Waals surface area contributed by atoms with Gasteiger partial charge in [-0.1, -0.05) is 11.6 Å². The number of carbonyl (C=O) groups excluding carboxylic acids is 1. The number of esters is 1. The molecule has 7 nitrogen and oxygen atoms in total. The number of thioether (sulfide) groups is 1. The lowest BCUT2D eigenvalue weighted by molar-refractivity contribution is 0.0523. The van der Waals surface area contributed by atoms with Gasteiger partial charge in [-0.2, -0.15) is 5.10 Å². The Morgan fingerprint density at radius 3 is 2.84 bits per heavy atom. The topological polar surface area (TPSA) is 103 Å². The Morgan fingerprint density at radius 2 is 2.16 bits per heavy atom. The maximum Gasteiger partial charge on any atom is 0.344 e. The third kappa shape index (κ3) is 3.00. The Kier molecular flexibility index (Phi) is 4.54. The fourth-order valence-electron chi connectivity index (χ4n) is 2.66. The highest BCUT2D eigenvalue weighted by molar-refractivity contribution is 7.98. The van der Waals surface area contributed by atoms with Crippen LogP contribution in [0.2, 0.25) is 0 Å². The molecule has 2 heterocycles. The Morgan fingerprint density at radius 1 is 1.40 bits per heavy atom. The van der Waals surface area contributed by atoms with Crippen LogP contribution in [0.15, 0.2) is 34.1 Å². The normalized spacial score (nSPS) is 11.0. The molecule has 3 N–H and O–H groups in total. The lowest BCUT2D eigenvalue weighted by Gasteiger charge is -2.09. The minimum absolute atomic E-state index is 0.149. The first-order valence-electron chi connectivity index (χ1n) is 7.70. The molecule has 0 aliphatic carbocycles. The minimum atomic E-state index is -0.527. The monoisotopic (exact) mass is 358 g/mol.